The lowest BCUT2D eigenvalue weighted by Gasteiger charge is -2.13. The van der Waals surface area contributed by atoms with Gasteiger partial charge in [-0.25, -0.2) is 16.8 Å². The van der Waals surface area contributed by atoms with Gasteiger partial charge >= 0.3 is 0 Å². The first-order valence-corrected chi connectivity index (χ1v) is 14.3. The molecule has 172 valence electrons. The molecule has 0 fully saturated rings. The van der Waals surface area contributed by atoms with Gasteiger partial charge in [-0.3, -0.25) is 0 Å². The molecule has 0 unspecified atom stereocenters. The third-order valence-corrected chi connectivity index (χ3v) is 8.95. The van der Waals surface area contributed by atoms with E-state index in [0.29, 0.717) is 33.8 Å². The summed E-state index contributed by atoms with van der Waals surface area (Å²) in [5.41, 5.74) is 1.20. The molecule has 0 spiro atoms. The number of hydrogen-bond donors (Lipinski definition) is 0. The second-order valence-corrected chi connectivity index (χ2v) is 11.9. The molecule has 0 radical (unpaired) electrons. The van der Waals surface area contributed by atoms with E-state index in [1.807, 2.05) is 13.8 Å². The molecule has 0 aliphatic carbocycles. The minimum atomic E-state index is -3.38. The van der Waals surface area contributed by atoms with Crippen LogP contribution in [0.2, 0.25) is 0 Å². The first-order chi connectivity index (χ1) is 14.8. The molecule has 31 heavy (non-hydrogen) atoms. The van der Waals surface area contributed by atoms with Gasteiger partial charge in [0.25, 0.3) is 0 Å². The van der Waals surface area contributed by atoms with Crippen molar-refractivity contribution < 1.29 is 21.6 Å². The molecular weight excluding hydrogens is 432 g/mol. The maximum atomic E-state index is 12.7. The van der Waals surface area contributed by atoms with Crippen molar-refractivity contribution in [3.05, 3.63) is 59.7 Å². The summed E-state index contributed by atoms with van der Waals surface area (Å²) < 4.78 is 56.7. The average Bonchev–Trinajstić information content (AvgIpc) is 2.74. The predicted octanol–water partition coefficient (Wildman–Crippen LogP) is 5.33. The molecule has 0 atom stereocenters. The number of hydrogen-bond acceptors (Lipinski definition) is 5. The lowest BCUT2D eigenvalue weighted by Crippen LogP contribution is -2.12. The highest BCUT2D eigenvalue weighted by Gasteiger charge is 2.20. The van der Waals surface area contributed by atoms with Gasteiger partial charge in [-0.1, -0.05) is 75.9 Å². The molecule has 7 heteroatoms. The molecule has 0 bridgehead atoms. The molecule has 0 aromatic heterocycles. The molecule has 2 rings (SSSR count). The minimum absolute atomic E-state index is 0.105. The van der Waals surface area contributed by atoms with E-state index < -0.39 is 19.7 Å². The molecule has 2 aromatic carbocycles. The van der Waals surface area contributed by atoms with E-state index >= 15 is 0 Å². The van der Waals surface area contributed by atoms with Gasteiger partial charge in [-0.2, -0.15) is 0 Å². The Kier molecular flexibility index (Phi) is 10.2. The quantitative estimate of drug-likeness (QED) is 0.352. The maximum absolute atomic E-state index is 12.7. The van der Waals surface area contributed by atoms with E-state index in [1.54, 1.807) is 48.5 Å². The first kappa shape index (κ1) is 25.6. The van der Waals surface area contributed by atoms with Crippen LogP contribution in [0, 0.1) is 0 Å². The van der Waals surface area contributed by atoms with Gasteiger partial charge in [0, 0.05) is 0 Å². The van der Waals surface area contributed by atoms with Crippen LogP contribution in [0.25, 0.3) is 0 Å². The zero-order valence-electron chi connectivity index (χ0n) is 18.5. The molecule has 0 saturated carbocycles. The van der Waals surface area contributed by atoms with E-state index in [4.69, 9.17) is 4.74 Å². The topological polar surface area (TPSA) is 77.5 Å². The van der Waals surface area contributed by atoms with E-state index in [2.05, 4.69) is 0 Å². The summed E-state index contributed by atoms with van der Waals surface area (Å²) in [7, 11) is -6.76. The van der Waals surface area contributed by atoms with Gasteiger partial charge in [-0.05, 0) is 36.1 Å². The number of rotatable bonds is 14. The van der Waals surface area contributed by atoms with Crippen LogP contribution in [0.4, 0.5) is 0 Å². The second-order valence-electron chi connectivity index (χ2n) is 7.76. The van der Waals surface area contributed by atoms with Crippen molar-refractivity contribution >= 4 is 19.7 Å². The van der Waals surface area contributed by atoms with Crippen LogP contribution in [-0.4, -0.2) is 28.3 Å². The first-order valence-electron chi connectivity index (χ1n) is 11.0. The summed E-state index contributed by atoms with van der Waals surface area (Å²) in [6.45, 7) is 4.29. The molecule has 0 aliphatic rings. The standard InChI is InChI=1S/C24H34O5S2/c1-3-5-11-17-30(25,26)23-15-9-7-13-21(23)19-29-20-22-14-8-10-16-24(22)31(27,28)18-12-6-4-2/h7-10,13-16H,3-6,11-12,17-20H2,1-2H3. The third-order valence-electron chi connectivity index (χ3n) is 5.16. The summed E-state index contributed by atoms with van der Waals surface area (Å²) in [4.78, 5) is 0.596. The van der Waals surface area contributed by atoms with Crippen molar-refractivity contribution in [3.63, 3.8) is 0 Å². The van der Waals surface area contributed by atoms with Crippen LogP contribution < -0.4 is 0 Å². The smallest absolute Gasteiger partial charge is 0.178 e. The Balaban J connectivity index is 2.10. The highest BCUT2D eigenvalue weighted by molar-refractivity contribution is 7.91. The third kappa shape index (κ3) is 7.74. The highest BCUT2D eigenvalue weighted by Crippen LogP contribution is 2.22. The van der Waals surface area contributed by atoms with Crippen LogP contribution in [0.3, 0.4) is 0 Å². The lowest BCUT2D eigenvalue weighted by atomic mass is 10.2. The van der Waals surface area contributed by atoms with E-state index in [1.165, 1.54) is 0 Å². The molecular formula is C24H34O5S2. The van der Waals surface area contributed by atoms with Gasteiger partial charge in [0.15, 0.2) is 19.7 Å². The summed E-state index contributed by atoms with van der Waals surface area (Å²) in [5.74, 6) is 0.243. The van der Waals surface area contributed by atoms with Gasteiger partial charge in [-0.15, -0.1) is 0 Å². The molecule has 5 nitrogen and oxygen atoms in total. The van der Waals surface area contributed by atoms with Crippen molar-refractivity contribution in [2.24, 2.45) is 0 Å². The number of sulfone groups is 2. The van der Waals surface area contributed by atoms with Crippen molar-refractivity contribution in [1.29, 1.82) is 0 Å². The maximum Gasteiger partial charge on any atom is 0.178 e. The molecule has 0 heterocycles. The second kappa shape index (κ2) is 12.4. The Morgan fingerprint density at radius 2 is 1.00 bits per heavy atom. The number of ether oxygens (including phenoxy) is 1. The number of unbranched alkanes of at least 4 members (excludes halogenated alkanes) is 4. The van der Waals surface area contributed by atoms with E-state index in [0.717, 1.165) is 25.7 Å². The predicted molar refractivity (Wildman–Crippen MR) is 125 cm³/mol. The number of benzene rings is 2. The zero-order valence-corrected chi connectivity index (χ0v) is 20.2. The van der Waals surface area contributed by atoms with Gasteiger partial charge in [0.05, 0.1) is 34.5 Å². The van der Waals surface area contributed by atoms with Crippen LogP contribution in [0.1, 0.15) is 63.5 Å². The van der Waals surface area contributed by atoms with Gasteiger partial charge in [0.1, 0.15) is 0 Å². The van der Waals surface area contributed by atoms with Gasteiger partial charge in [0.2, 0.25) is 0 Å². The Hall–Kier alpha value is -1.70. The van der Waals surface area contributed by atoms with E-state index in [9.17, 15) is 16.8 Å². The minimum Gasteiger partial charge on any atom is -0.372 e. The summed E-state index contributed by atoms with van der Waals surface area (Å²) >= 11 is 0. The van der Waals surface area contributed by atoms with Crippen LogP contribution >= 0.6 is 0 Å². The van der Waals surface area contributed by atoms with E-state index in [-0.39, 0.29) is 24.7 Å². The Morgan fingerprint density at radius 3 is 1.39 bits per heavy atom. The van der Waals surface area contributed by atoms with Crippen LogP contribution in [0.5, 0.6) is 0 Å². The van der Waals surface area contributed by atoms with Gasteiger partial charge < -0.3 is 4.74 Å². The Bertz CT molecular complexity index is 944. The molecule has 2 aromatic rings. The Labute approximate surface area is 187 Å². The summed E-state index contributed by atoms with van der Waals surface area (Å²) in [5, 5.41) is 0. The average molecular weight is 467 g/mol. The fourth-order valence-electron chi connectivity index (χ4n) is 3.43. The monoisotopic (exact) mass is 466 g/mol. The molecule has 0 amide bonds. The molecule has 0 N–H and O–H groups in total. The molecule has 0 saturated heterocycles. The van der Waals surface area contributed by atoms with Crippen molar-refractivity contribution in [2.45, 2.75) is 75.4 Å². The normalized spacial score (nSPS) is 12.2. The SMILES string of the molecule is CCCCCS(=O)(=O)c1ccccc1COCc1ccccc1S(=O)(=O)CCCCC. The highest BCUT2D eigenvalue weighted by atomic mass is 32.2. The van der Waals surface area contributed by atoms with Crippen LogP contribution in [-0.2, 0) is 37.6 Å². The van der Waals surface area contributed by atoms with Crippen molar-refractivity contribution in [3.8, 4) is 0 Å². The lowest BCUT2D eigenvalue weighted by molar-refractivity contribution is 0.104. The van der Waals surface area contributed by atoms with Crippen molar-refractivity contribution in [2.75, 3.05) is 11.5 Å². The largest absolute Gasteiger partial charge is 0.372 e. The fourth-order valence-corrected chi connectivity index (χ4v) is 6.66. The summed E-state index contributed by atoms with van der Waals surface area (Å²) in [6, 6.07) is 13.7. The molecule has 0 aliphatic heterocycles. The zero-order chi connectivity index (χ0) is 22.7. The fraction of sp³-hybridized carbons (Fsp3) is 0.500. The van der Waals surface area contributed by atoms with Crippen LogP contribution in [0.15, 0.2) is 58.3 Å². The summed E-state index contributed by atoms with van der Waals surface area (Å²) in [6.07, 6.45) is 4.94. The van der Waals surface area contributed by atoms with Crippen molar-refractivity contribution in [1.82, 2.24) is 0 Å². The Morgan fingerprint density at radius 1 is 0.613 bits per heavy atom.